The molecule has 6 heteroatoms. The Morgan fingerprint density at radius 2 is 2.18 bits per heavy atom. The molecule has 0 atom stereocenters. The summed E-state index contributed by atoms with van der Waals surface area (Å²) in [5, 5.41) is 2.55. The zero-order valence-electron chi connectivity index (χ0n) is 9.64. The summed E-state index contributed by atoms with van der Waals surface area (Å²) in [7, 11) is 0. The summed E-state index contributed by atoms with van der Waals surface area (Å²) < 4.78 is 0. The molecular weight excluding hydrogens is 220 g/mol. The van der Waals surface area contributed by atoms with Crippen molar-refractivity contribution in [2.24, 2.45) is 0 Å². The number of hydrogen-bond donors (Lipinski definition) is 1. The van der Waals surface area contributed by atoms with Crippen molar-refractivity contribution in [2.75, 3.05) is 13.1 Å². The molecule has 6 nitrogen and oxygen atoms in total. The lowest BCUT2D eigenvalue weighted by atomic mass is 10.3. The fraction of sp³-hybridized carbons (Fsp3) is 0.455. The Morgan fingerprint density at radius 1 is 1.35 bits per heavy atom. The first-order chi connectivity index (χ1) is 8.15. The largest absolute Gasteiger partial charge is 0.347 e. The zero-order chi connectivity index (χ0) is 12.3. The lowest BCUT2D eigenvalue weighted by molar-refractivity contribution is -0.130. The van der Waals surface area contributed by atoms with Crippen LogP contribution in [0.3, 0.4) is 0 Å². The van der Waals surface area contributed by atoms with Crippen molar-refractivity contribution in [3.8, 4) is 0 Å². The number of aromatic nitrogens is 2. The SMILES string of the molecule is Cc1cnc(CN2CCC(=O)NCC2=O)cn1. The average molecular weight is 234 g/mol. The van der Waals surface area contributed by atoms with Crippen LogP contribution in [0.5, 0.6) is 0 Å². The molecule has 1 aliphatic rings. The van der Waals surface area contributed by atoms with E-state index >= 15 is 0 Å². The van der Waals surface area contributed by atoms with Gasteiger partial charge in [0.05, 0.1) is 30.7 Å². The molecule has 2 heterocycles. The van der Waals surface area contributed by atoms with Crippen molar-refractivity contribution < 1.29 is 9.59 Å². The predicted molar refractivity (Wildman–Crippen MR) is 59.8 cm³/mol. The Hall–Kier alpha value is -1.98. The van der Waals surface area contributed by atoms with Gasteiger partial charge in [-0.2, -0.15) is 0 Å². The second-order valence-electron chi connectivity index (χ2n) is 3.99. The molecule has 0 saturated carbocycles. The fourth-order valence-electron chi connectivity index (χ4n) is 1.60. The third-order valence-electron chi connectivity index (χ3n) is 2.59. The quantitative estimate of drug-likeness (QED) is 0.757. The van der Waals surface area contributed by atoms with Crippen LogP contribution in [-0.2, 0) is 16.1 Å². The highest BCUT2D eigenvalue weighted by molar-refractivity contribution is 5.87. The van der Waals surface area contributed by atoms with Gasteiger partial charge in [-0.15, -0.1) is 0 Å². The van der Waals surface area contributed by atoms with E-state index in [1.54, 1.807) is 17.3 Å². The maximum Gasteiger partial charge on any atom is 0.242 e. The van der Waals surface area contributed by atoms with Gasteiger partial charge >= 0.3 is 0 Å². The van der Waals surface area contributed by atoms with E-state index in [1.165, 1.54) is 0 Å². The summed E-state index contributed by atoms with van der Waals surface area (Å²) >= 11 is 0. The lowest BCUT2D eigenvalue weighted by Gasteiger charge is -2.18. The smallest absolute Gasteiger partial charge is 0.242 e. The van der Waals surface area contributed by atoms with Crippen LogP contribution in [0.2, 0.25) is 0 Å². The molecule has 0 unspecified atom stereocenters. The van der Waals surface area contributed by atoms with Gasteiger partial charge in [0.1, 0.15) is 0 Å². The molecule has 0 spiro atoms. The molecule has 90 valence electrons. The zero-order valence-corrected chi connectivity index (χ0v) is 9.64. The number of rotatable bonds is 2. The van der Waals surface area contributed by atoms with E-state index in [0.717, 1.165) is 11.4 Å². The monoisotopic (exact) mass is 234 g/mol. The second-order valence-corrected chi connectivity index (χ2v) is 3.99. The maximum absolute atomic E-state index is 11.7. The number of carbonyl (C=O) groups is 2. The Balaban J connectivity index is 2.04. The molecule has 1 saturated heterocycles. The van der Waals surface area contributed by atoms with Gasteiger partial charge in [-0.25, -0.2) is 0 Å². The molecule has 2 amide bonds. The van der Waals surface area contributed by atoms with Gasteiger partial charge < -0.3 is 10.2 Å². The van der Waals surface area contributed by atoms with Gasteiger partial charge in [0.2, 0.25) is 11.8 Å². The average Bonchev–Trinajstić information content (AvgIpc) is 2.47. The third kappa shape index (κ3) is 2.99. The topological polar surface area (TPSA) is 75.2 Å². The molecule has 1 aromatic heterocycles. The first-order valence-electron chi connectivity index (χ1n) is 5.47. The lowest BCUT2D eigenvalue weighted by Crippen LogP contribution is -2.35. The van der Waals surface area contributed by atoms with Gasteiger partial charge in [-0.1, -0.05) is 0 Å². The number of nitrogens with zero attached hydrogens (tertiary/aromatic N) is 3. The summed E-state index contributed by atoms with van der Waals surface area (Å²) in [6, 6.07) is 0. The number of hydrogen-bond acceptors (Lipinski definition) is 4. The highest BCUT2D eigenvalue weighted by Crippen LogP contribution is 2.04. The van der Waals surface area contributed by atoms with Crippen LogP contribution in [0.15, 0.2) is 12.4 Å². The highest BCUT2D eigenvalue weighted by Gasteiger charge is 2.20. The fourth-order valence-corrected chi connectivity index (χ4v) is 1.60. The minimum Gasteiger partial charge on any atom is -0.347 e. The maximum atomic E-state index is 11.7. The van der Waals surface area contributed by atoms with Gasteiger partial charge in [0.15, 0.2) is 0 Å². The predicted octanol–water partition coefficient (Wildman–Crippen LogP) is -0.366. The van der Waals surface area contributed by atoms with E-state index in [-0.39, 0.29) is 18.4 Å². The van der Waals surface area contributed by atoms with E-state index in [9.17, 15) is 9.59 Å². The van der Waals surface area contributed by atoms with Crippen LogP contribution in [-0.4, -0.2) is 39.8 Å². The van der Waals surface area contributed by atoms with E-state index < -0.39 is 0 Å². The standard InChI is InChI=1S/C11H14N4O2/c1-8-4-13-9(5-12-8)7-15-3-2-10(16)14-6-11(15)17/h4-5H,2-3,6-7H2,1H3,(H,14,16). The van der Waals surface area contributed by atoms with Crippen LogP contribution in [0.4, 0.5) is 0 Å². The summed E-state index contributed by atoms with van der Waals surface area (Å²) in [6.45, 7) is 2.76. The van der Waals surface area contributed by atoms with Gasteiger partial charge in [-0.05, 0) is 6.92 Å². The molecule has 1 fully saturated rings. The molecule has 0 aliphatic carbocycles. The number of carbonyl (C=O) groups excluding carboxylic acids is 2. The first kappa shape index (κ1) is 11.5. The Bertz CT molecular complexity index is 430. The van der Waals surface area contributed by atoms with Crippen molar-refractivity contribution in [1.82, 2.24) is 20.2 Å². The van der Waals surface area contributed by atoms with Crippen LogP contribution >= 0.6 is 0 Å². The van der Waals surface area contributed by atoms with Crippen LogP contribution in [0.25, 0.3) is 0 Å². The normalized spacial score (nSPS) is 16.6. The van der Waals surface area contributed by atoms with Crippen LogP contribution < -0.4 is 5.32 Å². The summed E-state index contributed by atoms with van der Waals surface area (Å²) in [5.74, 6) is -0.172. The minimum atomic E-state index is -0.0872. The van der Waals surface area contributed by atoms with Gasteiger partial charge in [-0.3, -0.25) is 19.6 Å². The minimum absolute atomic E-state index is 0.0676. The number of amides is 2. The highest BCUT2D eigenvalue weighted by atomic mass is 16.2. The third-order valence-corrected chi connectivity index (χ3v) is 2.59. The molecule has 17 heavy (non-hydrogen) atoms. The van der Waals surface area contributed by atoms with Crippen molar-refractivity contribution in [3.05, 3.63) is 23.8 Å². The van der Waals surface area contributed by atoms with Crippen molar-refractivity contribution >= 4 is 11.8 Å². The van der Waals surface area contributed by atoms with Gasteiger partial charge in [0, 0.05) is 19.2 Å². The van der Waals surface area contributed by atoms with Crippen molar-refractivity contribution in [3.63, 3.8) is 0 Å². The summed E-state index contributed by atoms with van der Waals surface area (Å²) in [5.41, 5.74) is 1.58. The molecule has 1 N–H and O–H groups in total. The van der Waals surface area contributed by atoms with Gasteiger partial charge in [0.25, 0.3) is 0 Å². The molecule has 1 aromatic rings. The van der Waals surface area contributed by atoms with E-state index in [4.69, 9.17) is 0 Å². The molecule has 0 radical (unpaired) electrons. The molecular formula is C11H14N4O2. The second kappa shape index (κ2) is 4.90. The molecule has 2 rings (SSSR count). The Kier molecular flexibility index (Phi) is 3.32. The first-order valence-corrected chi connectivity index (χ1v) is 5.47. The molecule has 1 aliphatic heterocycles. The Labute approximate surface area is 99.1 Å². The van der Waals surface area contributed by atoms with Crippen LogP contribution in [0.1, 0.15) is 17.8 Å². The van der Waals surface area contributed by atoms with E-state index in [0.29, 0.717) is 19.5 Å². The van der Waals surface area contributed by atoms with Crippen molar-refractivity contribution in [2.45, 2.75) is 19.9 Å². The van der Waals surface area contributed by atoms with Crippen LogP contribution in [0, 0.1) is 6.92 Å². The van der Waals surface area contributed by atoms with E-state index in [1.807, 2.05) is 6.92 Å². The summed E-state index contributed by atoms with van der Waals surface area (Å²) in [4.78, 5) is 32.8. The number of nitrogens with one attached hydrogen (secondary N) is 1. The Morgan fingerprint density at radius 3 is 2.88 bits per heavy atom. The molecule has 0 bridgehead atoms. The summed E-state index contributed by atoms with van der Waals surface area (Å²) in [6.07, 6.45) is 3.66. The molecule has 0 aromatic carbocycles. The van der Waals surface area contributed by atoms with E-state index in [2.05, 4.69) is 15.3 Å². The number of aryl methyl sites for hydroxylation is 1. The van der Waals surface area contributed by atoms with Crippen molar-refractivity contribution in [1.29, 1.82) is 0 Å².